The first kappa shape index (κ1) is 22.9. The summed E-state index contributed by atoms with van der Waals surface area (Å²) in [5.41, 5.74) is 6.29. The van der Waals surface area contributed by atoms with E-state index in [1.165, 1.54) is 6.20 Å². The van der Waals surface area contributed by atoms with Gasteiger partial charge in [0, 0.05) is 29.2 Å². The van der Waals surface area contributed by atoms with Crippen molar-refractivity contribution in [1.29, 1.82) is 5.26 Å². The molecular weight excluding hydrogens is 446 g/mol. The minimum Gasteiger partial charge on any atom is -0.488 e. The molecule has 0 spiro atoms. The van der Waals surface area contributed by atoms with Gasteiger partial charge in [-0.3, -0.25) is 14.8 Å². The molecule has 166 valence electrons. The molecule has 34 heavy (non-hydrogen) atoms. The standard InChI is InChI=1S/C28H20ClN3O2/c1-19-25(22-5-3-2-4-6-22)9-10-32-27(19)8-7-23-13-28(24(17-33)12-26(23)29)34-18-21-11-20(14-30)15-31-16-21/h2-13,15-17H,18H2,1H3/b8-7+. The van der Waals surface area contributed by atoms with Crippen LogP contribution in [0.2, 0.25) is 5.02 Å². The summed E-state index contributed by atoms with van der Waals surface area (Å²) in [5, 5.41) is 9.47. The van der Waals surface area contributed by atoms with E-state index in [2.05, 4.69) is 22.1 Å². The van der Waals surface area contributed by atoms with Crippen LogP contribution in [0.1, 0.15) is 38.3 Å². The maximum atomic E-state index is 11.6. The van der Waals surface area contributed by atoms with Gasteiger partial charge in [0.2, 0.25) is 0 Å². The molecule has 0 fully saturated rings. The molecule has 4 aromatic rings. The van der Waals surface area contributed by atoms with E-state index in [4.69, 9.17) is 21.6 Å². The van der Waals surface area contributed by atoms with Crippen molar-refractivity contribution in [3.8, 4) is 22.9 Å². The normalized spacial score (nSPS) is 10.7. The highest BCUT2D eigenvalue weighted by atomic mass is 35.5. The quantitative estimate of drug-likeness (QED) is 0.290. The molecule has 0 bridgehead atoms. The van der Waals surface area contributed by atoms with Gasteiger partial charge in [-0.15, -0.1) is 0 Å². The highest BCUT2D eigenvalue weighted by Crippen LogP contribution is 2.30. The Labute approximate surface area is 203 Å². The molecule has 0 saturated carbocycles. The maximum Gasteiger partial charge on any atom is 0.153 e. The van der Waals surface area contributed by atoms with E-state index in [9.17, 15) is 4.79 Å². The van der Waals surface area contributed by atoms with Crippen LogP contribution in [0.25, 0.3) is 23.3 Å². The van der Waals surface area contributed by atoms with Crippen LogP contribution in [0.5, 0.6) is 5.75 Å². The van der Waals surface area contributed by atoms with Gasteiger partial charge in [-0.2, -0.15) is 5.26 Å². The first-order valence-corrected chi connectivity index (χ1v) is 10.9. The third-order valence-electron chi connectivity index (χ3n) is 5.32. The molecule has 6 heteroatoms. The smallest absolute Gasteiger partial charge is 0.153 e. The van der Waals surface area contributed by atoms with Crippen molar-refractivity contribution in [2.24, 2.45) is 0 Å². The monoisotopic (exact) mass is 465 g/mol. The van der Waals surface area contributed by atoms with Gasteiger partial charge >= 0.3 is 0 Å². The van der Waals surface area contributed by atoms with Crippen molar-refractivity contribution in [3.63, 3.8) is 0 Å². The number of halogens is 1. The van der Waals surface area contributed by atoms with Crippen molar-refractivity contribution in [1.82, 2.24) is 9.97 Å². The van der Waals surface area contributed by atoms with E-state index >= 15 is 0 Å². The van der Waals surface area contributed by atoms with Crippen LogP contribution in [-0.2, 0) is 6.61 Å². The molecule has 0 amide bonds. The molecule has 0 N–H and O–H groups in total. The van der Waals surface area contributed by atoms with Crippen molar-refractivity contribution >= 4 is 30.0 Å². The summed E-state index contributed by atoms with van der Waals surface area (Å²) < 4.78 is 5.87. The van der Waals surface area contributed by atoms with Crippen LogP contribution >= 0.6 is 11.6 Å². The molecule has 2 aromatic carbocycles. The number of benzene rings is 2. The van der Waals surface area contributed by atoms with Gasteiger partial charge in [0.1, 0.15) is 18.4 Å². The highest BCUT2D eigenvalue weighted by Gasteiger charge is 2.10. The lowest BCUT2D eigenvalue weighted by molar-refractivity contribution is 0.111. The fourth-order valence-electron chi connectivity index (χ4n) is 3.54. The summed E-state index contributed by atoms with van der Waals surface area (Å²) in [6, 6.07) is 19.2. The fourth-order valence-corrected chi connectivity index (χ4v) is 3.77. The third kappa shape index (κ3) is 5.20. The van der Waals surface area contributed by atoms with Gasteiger partial charge in [0.25, 0.3) is 0 Å². The first-order chi connectivity index (χ1) is 16.6. The van der Waals surface area contributed by atoms with Gasteiger partial charge in [0.05, 0.1) is 16.8 Å². The number of pyridine rings is 2. The Bertz CT molecular complexity index is 1410. The molecule has 2 aromatic heterocycles. The molecule has 0 aliphatic heterocycles. The lowest BCUT2D eigenvalue weighted by Crippen LogP contribution is -2.00. The van der Waals surface area contributed by atoms with Gasteiger partial charge in [0.15, 0.2) is 6.29 Å². The molecular formula is C28H20ClN3O2. The molecule has 4 rings (SSSR count). The molecule has 0 radical (unpaired) electrons. The molecule has 0 aliphatic carbocycles. The second-order valence-corrected chi connectivity index (χ2v) is 7.99. The predicted molar refractivity (Wildman–Crippen MR) is 133 cm³/mol. The largest absolute Gasteiger partial charge is 0.488 e. The number of ether oxygens (including phenoxy) is 1. The SMILES string of the molecule is Cc1c(-c2ccccc2)ccnc1/C=C/c1cc(OCc2cncc(C#N)c2)c(C=O)cc1Cl. The summed E-state index contributed by atoms with van der Waals surface area (Å²) in [6.07, 6.45) is 9.33. The topological polar surface area (TPSA) is 75.9 Å². The average Bonchev–Trinajstić information content (AvgIpc) is 2.88. The van der Waals surface area contributed by atoms with Crippen molar-refractivity contribution in [2.45, 2.75) is 13.5 Å². The number of aldehydes is 1. The number of carbonyl (C=O) groups is 1. The third-order valence-corrected chi connectivity index (χ3v) is 5.65. The zero-order chi connectivity index (χ0) is 23.9. The van der Waals surface area contributed by atoms with Gasteiger partial charge in [-0.25, -0.2) is 0 Å². The zero-order valence-electron chi connectivity index (χ0n) is 18.4. The summed E-state index contributed by atoms with van der Waals surface area (Å²) >= 11 is 6.44. The van der Waals surface area contributed by atoms with Gasteiger partial charge in [-0.1, -0.05) is 48.0 Å². The second kappa shape index (κ2) is 10.6. The Morgan fingerprint density at radius 2 is 1.88 bits per heavy atom. The minimum atomic E-state index is 0.161. The lowest BCUT2D eigenvalue weighted by Gasteiger charge is -2.11. The van der Waals surface area contributed by atoms with Crippen LogP contribution in [0.4, 0.5) is 0 Å². The van der Waals surface area contributed by atoms with E-state index in [1.807, 2.05) is 49.4 Å². The van der Waals surface area contributed by atoms with E-state index in [-0.39, 0.29) is 6.61 Å². The summed E-state index contributed by atoms with van der Waals surface area (Å²) in [5.74, 6) is 0.393. The maximum absolute atomic E-state index is 11.6. The van der Waals surface area contributed by atoms with Crippen molar-refractivity contribution in [3.05, 3.63) is 112 Å². The Kier molecular flexibility index (Phi) is 7.12. The number of carbonyl (C=O) groups excluding carboxylic acids is 1. The fraction of sp³-hybridized carbons (Fsp3) is 0.0714. The van der Waals surface area contributed by atoms with Crippen LogP contribution < -0.4 is 4.74 Å². The molecule has 5 nitrogen and oxygen atoms in total. The van der Waals surface area contributed by atoms with Crippen LogP contribution in [0, 0.1) is 18.3 Å². The second-order valence-electron chi connectivity index (χ2n) is 7.58. The minimum absolute atomic E-state index is 0.161. The van der Waals surface area contributed by atoms with Crippen molar-refractivity contribution in [2.75, 3.05) is 0 Å². The first-order valence-electron chi connectivity index (χ1n) is 10.5. The Morgan fingerprint density at radius 3 is 2.65 bits per heavy atom. The average molecular weight is 466 g/mol. The predicted octanol–water partition coefficient (Wildman–Crippen LogP) is 6.54. The van der Waals surface area contributed by atoms with E-state index in [0.717, 1.165) is 27.9 Å². The lowest BCUT2D eigenvalue weighted by atomic mass is 10.00. The Hall–Kier alpha value is -4.27. The van der Waals surface area contributed by atoms with E-state index in [1.54, 1.807) is 30.6 Å². The molecule has 0 atom stereocenters. The van der Waals surface area contributed by atoms with E-state index < -0.39 is 0 Å². The molecule has 0 aliphatic rings. The molecule has 0 unspecified atom stereocenters. The number of nitriles is 1. The Morgan fingerprint density at radius 1 is 1.06 bits per heavy atom. The number of nitrogens with zero attached hydrogens (tertiary/aromatic N) is 3. The van der Waals surface area contributed by atoms with E-state index in [0.29, 0.717) is 33.7 Å². The number of rotatable bonds is 7. The Balaban J connectivity index is 1.61. The van der Waals surface area contributed by atoms with Gasteiger partial charge in [-0.05, 0) is 59.5 Å². The van der Waals surface area contributed by atoms with Crippen LogP contribution in [0.15, 0.2) is 73.2 Å². The van der Waals surface area contributed by atoms with Gasteiger partial charge < -0.3 is 4.74 Å². The molecule has 0 saturated heterocycles. The van der Waals surface area contributed by atoms with Crippen molar-refractivity contribution < 1.29 is 9.53 Å². The van der Waals surface area contributed by atoms with Crippen LogP contribution in [-0.4, -0.2) is 16.3 Å². The zero-order valence-corrected chi connectivity index (χ0v) is 19.2. The number of aromatic nitrogens is 2. The highest BCUT2D eigenvalue weighted by molar-refractivity contribution is 6.32. The molecule has 2 heterocycles. The summed E-state index contributed by atoms with van der Waals surface area (Å²) in [7, 11) is 0. The van der Waals surface area contributed by atoms with Crippen LogP contribution in [0.3, 0.4) is 0 Å². The number of hydrogen-bond acceptors (Lipinski definition) is 5. The summed E-state index contributed by atoms with van der Waals surface area (Å²) in [4.78, 5) is 20.1. The number of hydrogen-bond donors (Lipinski definition) is 0. The summed E-state index contributed by atoms with van der Waals surface area (Å²) in [6.45, 7) is 2.19.